The van der Waals surface area contributed by atoms with Crippen molar-refractivity contribution in [1.82, 2.24) is 5.32 Å². The third-order valence-electron chi connectivity index (χ3n) is 2.42. The summed E-state index contributed by atoms with van der Waals surface area (Å²) in [5.41, 5.74) is -0.169. The van der Waals surface area contributed by atoms with Gasteiger partial charge in [-0.2, -0.15) is 0 Å². The average molecular weight is 187 g/mol. The van der Waals surface area contributed by atoms with Crippen LogP contribution in [0.3, 0.4) is 0 Å². The second-order valence-corrected chi connectivity index (χ2v) is 3.86. The standard InChI is InChI=1S/C9H17NO3/c1-3-13-8(12)7-4-9(2,6-11)5-10-7/h7,10-11H,3-6H2,1-2H3. The fraction of sp³-hybridized carbons (Fsp3) is 0.889. The molecule has 2 unspecified atom stereocenters. The van der Waals surface area contributed by atoms with Crippen molar-refractivity contribution in [2.24, 2.45) is 5.41 Å². The summed E-state index contributed by atoms with van der Waals surface area (Å²) < 4.78 is 4.88. The molecule has 0 aromatic carbocycles. The summed E-state index contributed by atoms with van der Waals surface area (Å²) in [5, 5.41) is 12.1. The lowest BCUT2D eigenvalue weighted by atomic mass is 9.89. The zero-order valence-corrected chi connectivity index (χ0v) is 8.17. The zero-order chi connectivity index (χ0) is 9.90. The van der Waals surface area contributed by atoms with Gasteiger partial charge in [0.15, 0.2) is 0 Å². The van der Waals surface area contributed by atoms with Crippen LogP contribution in [0.25, 0.3) is 0 Å². The summed E-state index contributed by atoms with van der Waals surface area (Å²) in [5.74, 6) is -0.209. The molecule has 0 aromatic heterocycles. The first kappa shape index (κ1) is 10.5. The normalized spacial score (nSPS) is 33.3. The fourth-order valence-electron chi connectivity index (χ4n) is 1.54. The molecular formula is C9H17NO3. The minimum Gasteiger partial charge on any atom is -0.465 e. The molecule has 1 heterocycles. The Morgan fingerprint density at radius 2 is 2.46 bits per heavy atom. The molecule has 0 saturated carbocycles. The molecule has 13 heavy (non-hydrogen) atoms. The van der Waals surface area contributed by atoms with E-state index in [1.807, 2.05) is 6.92 Å². The molecule has 0 bridgehead atoms. The monoisotopic (exact) mass is 187 g/mol. The van der Waals surface area contributed by atoms with Gasteiger partial charge in [-0.05, 0) is 13.3 Å². The van der Waals surface area contributed by atoms with Crippen LogP contribution < -0.4 is 5.32 Å². The number of hydrogen-bond acceptors (Lipinski definition) is 4. The number of rotatable bonds is 3. The minimum absolute atomic E-state index is 0.107. The number of aliphatic hydroxyl groups is 1. The summed E-state index contributed by atoms with van der Waals surface area (Å²) in [6, 6.07) is -0.239. The van der Waals surface area contributed by atoms with Gasteiger partial charge < -0.3 is 15.2 Å². The Bertz CT molecular complexity index is 195. The molecule has 2 atom stereocenters. The summed E-state index contributed by atoms with van der Waals surface area (Å²) in [6.45, 7) is 4.94. The first-order valence-electron chi connectivity index (χ1n) is 4.62. The fourth-order valence-corrected chi connectivity index (χ4v) is 1.54. The Kier molecular flexibility index (Phi) is 3.27. The van der Waals surface area contributed by atoms with Gasteiger partial charge in [-0.25, -0.2) is 0 Å². The number of hydrogen-bond donors (Lipinski definition) is 2. The van der Waals surface area contributed by atoms with Crippen LogP contribution in [0.4, 0.5) is 0 Å². The maximum Gasteiger partial charge on any atom is 0.323 e. The predicted molar refractivity (Wildman–Crippen MR) is 48.2 cm³/mol. The Labute approximate surface area is 78.3 Å². The number of nitrogens with one attached hydrogen (secondary N) is 1. The smallest absolute Gasteiger partial charge is 0.323 e. The van der Waals surface area contributed by atoms with Crippen LogP contribution in [0.15, 0.2) is 0 Å². The van der Waals surface area contributed by atoms with E-state index in [1.54, 1.807) is 6.92 Å². The van der Waals surface area contributed by atoms with E-state index in [4.69, 9.17) is 9.84 Å². The molecule has 4 heteroatoms. The second kappa shape index (κ2) is 4.07. The van der Waals surface area contributed by atoms with E-state index in [0.29, 0.717) is 19.6 Å². The lowest BCUT2D eigenvalue weighted by molar-refractivity contribution is -0.145. The Balaban J connectivity index is 2.45. The van der Waals surface area contributed by atoms with Gasteiger partial charge >= 0.3 is 5.97 Å². The maximum atomic E-state index is 11.3. The molecule has 0 aliphatic carbocycles. The van der Waals surface area contributed by atoms with Crippen molar-refractivity contribution in [3.63, 3.8) is 0 Å². The second-order valence-electron chi connectivity index (χ2n) is 3.86. The first-order valence-corrected chi connectivity index (χ1v) is 4.62. The van der Waals surface area contributed by atoms with Crippen LogP contribution in [0.1, 0.15) is 20.3 Å². The molecule has 1 saturated heterocycles. The van der Waals surface area contributed by atoms with E-state index in [-0.39, 0.29) is 24.0 Å². The third-order valence-corrected chi connectivity index (χ3v) is 2.42. The molecule has 1 aliphatic heterocycles. The van der Waals surface area contributed by atoms with Crippen molar-refractivity contribution in [1.29, 1.82) is 0 Å². The van der Waals surface area contributed by atoms with Gasteiger partial charge in [0.1, 0.15) is 6.04 Å². The summed E-state index contributed by atoms with van der Waals surface area (Å²) in [7, 11) is 0. The van der Waals surface area contributed by atoms with Crippen LogP contribution >= 0.6 is 0 Å². The molecule has 1 fully saturated rings. The topological polar surface area (TPSA) is 58.6 Å². The van der Waals surface area contributed by atoms with Crippen LogP contribution in [0.2, 0.25) is 0 Å². The van der Waals surface area contributed by atoms with Gasteiger partial charge in [0.25, 0.3) is 0 Å². The van der Waals surface area contributed by atoms with Gasteiger partial charge in [0.05, 0.1) is 6.61 Å². The van der Waals surface area contributed by atoms with Gasteiger partial charge in [-0.1, -0.05) is 6.92 Å². The van der Waals surface area contributed by atoms with Crippen molar-refractivity contribution in [2.75, 3.05) is 19.8 Å². The molecule has 2 N–H and O–H groups in total. The summed E-state index contributed by atoms with van der Waals surface area (Å²) in [4.78, 5) is 11.3. The molecule has 76 valence electrons. The zero-order valence-electron chi connectivity index (χ0n) is 8.17. The molecule has 4 nitrogen and oxygen atoms in total. The van der Waals surface area contributed by atoms with E-state index in [0.717, 1.165) is 0 Å². The number of carbonyl (C=O) groups is 1. The molecule has 1 aliphatic rings. The van der Waals surface area contributed by atoms with Gasteiger partial charge in [-0.3, -0.25) is 4.79 Å². The number of ether oxygens (including phenoxy) is 1. The highest BCUT2D eigenvalue weighted by molar-refractivity contribution is 5.76. The van der Waals surface area contributed by atoms with Crippen LogP contribution in [-0.4, -0.2) is 36.9 Å². The molecule has 1 rings (SSSR count). The third kappa shape index (κ3) is 2.42. The largest absolute Gasteiger partial charge is 0.465 e. The molecule has 0 amide bonds. The Hall–Kier alpha value is -0.610. The van der Waals surface area contributed by atoms with Gasteiger partial charge in [0, 0.05) is 18.6 Å². The van der Waals surface area contributed by atoms with Crippen molar-refractivity contribution < 1.29 is 14.6 Å². The highest BCUT2D eigenvalue weighted by atomic mass is 16.5. The van der Waals surface area contributed by atoms with Crippen molar-refractivity contribution >= 4 is 5.97 Å². The van der Waals surface area contributed by atoms with E-state index >= 15 is 0 Å². The first-order chi connectivity index (χ1) is 6.11. The molecule has 0 radical (unpaired) electrons. The van der Waals surface area contributed by atoms with Crippen molar-refractivity contribution in [3.8, 4) is 0 Å². The maximum absolute atomic E-state index is 11.3. The van der Waals surface area contributed by atoms with Crippen LogP contribution in [0, 0.1) is 5.41 Å². The van der Waals surface area contributed by atoms with Crippen molar-refractivity contribution in [3.05, 3.63) is 0 Å². The number of carbonyl (C=O) groups excluding carboxylic acids is 1. The van der Waals surface area contributed by atoms with Crippen LogP contribution in [0.5, 0.6) is 0 Å². The summed E-state index contributed by atoms with van der Waals surface area (Å²) in [6.07, 6.45) is 0.655. The van der Waals surface area contributed by atoms with E-state index in [1.165, 1.54) is 0 Å². The Morgan fingerprint density at radius 3 is 2.92 bits per heavy atom. The Morgan fingerprint density at radius 1 is 1.77 bits per heavy atom. The minimum atomic E-state index is -0.239. The predicted octanol–water partition coefficient (Wildman–Crippen LogP) is -0.0900. The number of aliphatic hydroxyl groups excluding tert-OH is 1. The molecular weight excluding hydrogens is 170 g/mol. The highest BCUT2D eigenvalue weighted by Crippen LogP contribution is 2.27. The van der Waals surface area contributed by atoms with E-state index in [9.17, 15) is 4.79 Å². The van der Waals surface area contributed by atoms with E-state index < -0.39 is 0 Å². The van der Waals surface area contributed by atoms with E-state index in [2.05, 4.69) is 5.32 Å². The quantitative estimate of drug-likeness (QED) is 0.606. The number of esters is 1. The molecule has 0 aromatic rings. The highest BCUT2D eigenvalue weighted by Gasteiger charge is 2.38. The van der Waals surface area contributed by atoms with Gasteiger partial charge in [-0.15, -0.1) is 0 Å². The van der Waals surface area contributed by atoms with Crippen LogP contribution in [-0.2, 0) is 9.53 Å². The van der Waals surface area contributed by atoms with Crippen molar-refractivity contribution in [2.45, 2.75) is 26.3 Å². The lowest BCUT2D eigenvalue weighted by Gasteiger charge is -2.18. The molecule has 0 spiro atoms. The van der Waals surface area contributed by atoms with Gasteiger partial charge in [0.2, 0.25) is 0 Å². The SMILES string of the molecule is CCOC(=O)C1CC(C)(CO)CN1. The summed E-state index contributed by atoms with van der Waals surface area (Å²) >= 11 is 0. The average Bonchev–Trinajstić information content (AvgIpc) is 2.50. The lowest BCUT2D eigenvalue weighted by Crippen LogP contribution is -2.32.